The van der Waals surface area contributed by atoms with Crippen molar-refractivity contribution in [3.8, 4) is 0 Å². The Balaban J connectivity index is 2.49. The van der Waals surface area contributed by atoms with Gasteiger partial charge >= 0.3 is 0 Å². The van der Waals surface area contributed by atoms with Crippen LogP contribution in [-0.2, 0) is 4.79 Å². The zero-order valence-corrected chi connectivity index (χ0v) is 6.76. The smallest absolute Gasteiger partial charge is 0.137 e. The molecule has 0 aromatic carbocycles. The van der Waals surface area contributed by atoms with Crippen LogP contribution in [0.1, 0.15) is 19.8 Å². The molecule has 1 saturated heterocycles. The molecule has 0 N–H and O–H groups in total. The summed E-state index contributed by atoms with van der Waals surface area (Å²) in [7, 11) is 2.08. The average molecular weight is 141 g/mol. The molecule has 0 aromatic rings. The third kappa shape index (κ3) is 1.81. The summed E-state index contributed by atoms with van der Waals surface area (Å²) in [4.78, 5) is 13.4. The Bertz CT molecular complexity index is 133. The van der Waals surface area contributed by atoms with Crippen LogP contribution < -0.4 is 0 Å². The maximum atomic E-state index is 11.1. The van der Waals surface area contributed by atoms with E-state index < -0.39 is 0 Å². The van der Waals surface area contributed by atoms with Crippen LogP contribution >= 0.6 is 0 Å². The third-order valence-electron chi connectivity index (χ3n) is 2.10. The highest BCUT2D eigenvalue weighted by Crippen LogP contribution is 2.10. The number of nitrogens with zero attached hydrogens (tertiary/aromatic N) is 1. The minimum Gasteiger partial charge on any atom is -0.306 e. The van der Waals surface area contributed by atoms with E-state index in [4.69, 9.17) is 0 Å². The fraction of sp³-hybridized carbons (Fsp3) is 0.875. The molecular weight excluding hydrogens is 126 g/mol. The van der Waals surface area contributed by atoms with Crippen molar-refractivity contribution in [2.45, 2.75) is 19.8 Å². The molecule has 1 aliphatic heterocycles. The largest absolute Gasteiger partial charge is 0.306 e. The maximum Gasteiger partial charge on any atom is 0.137 e. The van der Waals surface area contributed by atoms with Gasteiger partial charge in [0.15, 0.2) is 0 Å². The number of rotatable bonds is 0. The van der Waals surface area contributed by atoms with Crippen LogP contribution in [-0.4, -0.2) is 30.8 Å². The van der Waals surface area contributed by atoms with Crippen molar-refractivity contribution >= 4 is 5.78 Å². The van der Waals surface area contributed by atoms with Gasteiger partial charge in [0.2, 0.25) is 0 Å². The van der Waals surface area contributed by atoms with Gasteiger partial charge in [-0.05, 0) is 20.0 Å². The van der Waals surface area contributed by atoms with Crippen LogP contribution in [0.3, 0.4) is 0 Å². The van der Waals surface area contributed by atoms with Gasteiger partial charge in [-0.1, -0.05) is 6.92 Å². The first-order valence-corrected chi connectivity index (χ1v) is 3.91. The molecule has 1 atom stereocenters. The lowest BCUT2D eigenvalue weighted by atomic mass is 10.0. The summed E-state index contributed by atoms with van der Waals surface area (Å²) in [6.45, 7) is 4.04. The van der Waals surface area contributed by atoms with Crippen molar-refractivity contribution in [3.63, 3.8) is 0 Å². The van der Waals surface area contributed by atoms with Crippen molar-refractivity contribution < 1.29 is 4.79 Å². The molecule has 2 heteroatoms. The number of Topliss-reactive ketones (excluding diaryl/α,β-unsaturated/α-hetero) is 1. The lowest BCUT2D eigenvalue weighted by molar-refractivity contribution is -0.122. The molecule has 0 aromatic heterocycles. The Morgan fingerprint density at radius 2 is 2.30 bits per heavy atom. The predicted molar refractivity (Wildman–Crippen MR) is 40.9 cm³/mol. The third-order valence-corrected chi connectivity index (χ3v) is 2.10. The van der Waals surface area contributed by atoms with E-state index >= 15 is 0 Å². The van der Waals surface area contributed by atoms with Crippen molar-refractivity contribution in [2.75, 3.05) is 20.1 Å². The fourth-order valence-corrected chi connectivity index (χ4v) is 1.43. The first kappa shape index (κ1) is 7.73. The Morgan fingerprint density at radius 1 is 1.60 bits per heavy atom. The van der Waals surface area contributed by atoms with Crippen LogP contribution in [0.5, 0.6) is 0 Å². The Morgan fingerprint density at radius 3 is 3.00 bits per heavy atom. The van der Waals surface area contributed by atoms with Gasteiger partial charge in [0, 0.05) is 18.9 Å². The highest BCUT2D eigenvalue weighted by molar-refractivity contribution is 5.81. The minimum atomic E-state index is 0.257. The number of hydrogen-bond acceptors (Lipinski definition) is 2. The molecule has 1 unspecified atom stereocenters. The van der Waals surface area contributed by atoms with E-state index in [1.54, 1.807) is 0 Å². The monoisotopic (exact) mass is 141 g/mol. The molecule has 58 valence electrons. The number of hydrogen-bond donors (Lipinski definition) is 0. The average Bonchev–Trinajstić information content (AvgIpc) is 1.96. The second-order valence-electron chi connectivity index (χ2n) is 3.23. The summed E-state index contributed by atoms with van der Waals surface area (Å²) in [6, 6.07) is 0. The molecule has 0 aliphatic carbocycles. The minimum absolute atomic E-state index is 0.257. The van der Waals surface area contributed by atoms with Crippen molar-refractivity contribution in [3.05, 3.63) is 0 Å². The number of likely N-dealkylation sites (tertiary alicyclic amines) is 1. The van der Waals surface area contributed by atoms with Gasteiger partial charge in [0.1, 0.15) is 5.78 Å². The fourth-order valence-electron chi connectivity index (χ4n) is 1.43. The van der Waals surface area contributed by atoms with E-state index in [0.29, 0.717) is 5.78 Å². The second-order valence-corrected chi connectivity index (χ2v) is 3.23. The quantitative estimate of drug-likeness (QED) is 0.500. The molecular formula is C8H15NO. The molecule has 0 amide bonds. The molecule has 1 aliphatic rings. The standard InChI is InChI=1S/C8H15NO/c1-7-6-9(2)5-3-4-8(7)10/h7H,3-6H2,1-2H3. The van der Waals surface area contributed by atoms with Gasteiger partial charge in [-0.3, -0.25) is 4.79 Å². The second kappa shape index (κ2) is 3.15. The summed E-state index contributed by atoms with van der Waals surface area (Å²) in [5.41, 5.74) is 0. The van der Waals surface area contributed by atoms with Crippen molar-refractivity contribution in [2.24, 2.45) is 5.92 Å². The maximum absolute atomic E-state index is 11.1. The number of carbonyl (C=O) groups is 1. The van der Waals surface area contributed by atoms with Gasteiger partial charge < -0.3 is 4.90 Å². The first-order chi connectivity index (χ1) is 4.70. The Kier molecular flexibility index (Phi) is 2.44. The summed E-state index contributed by atoms with van der Waals surface area (Å²) < 4.78 is 0. The van der Waals surface area contributed by atoms with Crippen molar-refractivity contribution in [1.29, 1.82) is 0 Å². The lowest BCUT2D eigenvalue weighted by Gasteiger charge is -2.14. The zero-order valence-electron chi connectivity index (χ0n) is 6.76. The number of carbonyl (C=O) groups excluding carboxylic acids is 1. The zero-order chi connectivity index (χ0) is 7.56. The van der Waals surface area contributed by atoms with Crippen LogP contribution in [0.4, 0.5) is 0 Å². The molecule has 1 heterocycles. The van der Waals surface area contributed by atoms with E-state index in [9.17, 15) is 4.79 Å². The van der Waals surface area contributed by atoms with Crippen LogP contribution in [0.2, 0.25) is 0 Å². The highest BCUT2D eigenvalue weighted by Gasteiger charge is 2.18. The van der Waals surface area contributed by atoms with E-state index in [1.807, 2.05) is 6.92 Å². The normalized spacial score (nSPS) is 30.2. The van der Waals surface area contributed by atoms with Gasteiger partial charge in [0.25, 0.3) is 0 Å². The van der Waals surface area contributed by atoms with Gasteiger partial charge in [-0.15, -0.1) is 0 Å². The summed E-state index contributed by atoms with van der Waals surface area (Å²) in [5, 5.41) is 0. The van der Waals surface area contributed by atoms with E-state index in [0.717, 1.165) is 25.9 Å². The number of ketones is 1. The molecule has 0 spiro atoms. The van der Waals surface area contributed by atoms with Crippen LogP contribution in [0.25, 0.3) is 0 Å². The Labute approximate surface area is 62.2 Å². The molecule has 0 saturated carbocycles. The molecule has 1 rings (SSSR count). The van der Waals surface area contributed by atoms with Crippen LogP contribution in [0.15, 0.2) is 0 Å². The predicted octanol–water partition coefficient (Wildman–Crippen LogP) is 0.917. The first-order valence-electron chi connectivity index (χ1n) is 3.91. The molecule has 2 nitrogen and oxygen atoms in total. The molecule has 1 fully saturated rings. The summed E-state index contributed by atoms with van der Waals surface area (Å²) in [5.74, 6) is 0.692. The van der Waals surface area contributed by atoms with Crippen LogP contribution in [0, 0.1) is 5.92 Å². The lowest BCUT2D eigenvalue weighted by Crippen LogP contribution is -2.24. The molecule has 10 heavy (non-hydrogen) atoms. The summed E-state index contributed by atoms with van der Waals surface area (Å²) >= 11 is 0. The van der Waals surface area contributed by atoms with E-state index in [2.05, 4.69) is 11.9 Å². The van der Waals surface area contributed by atoms with Gasteiger partial charge in [-0.2, -0.15) is 0 Å². The van der Waals surface area contributed by atoms with E-state index in [1.165, 1.54) is 0 Å². The Hall–Kier alpha value is -0.370. The van der Waals surface area contributed by atoms with E-state index in [-0.39, 0.29) is 5.92 Å². The SMILES string of the molecule is CC1CN(C)CCCC1=O. The summed E-state index contributed by atoms with van der Waals surface area (Å²) in [6.07, 6.45) is 1.82. The molecule has 0 bridgehead atoms. The highest BCUT2D eigenvalue weighted by atomic mass is 16.1. The van der Waals surface area contributed by atoms with Gasteiger partial charge in [-0.25, -0.2) is 0 Å². The molecule has 0 radical (unpaired) electrons. The van der Waals surface area contributed by atoms with Crippen molar-refractivity contribution in [1.82, 2.24) is 4.90 Å². The van der Waals surface area contributed by atoms with Gasteiger partial charge in [0.05, 0.1) is 0 Å². The topological polar surface area (TPSA) is 20.3 Å².